The van der Waals surface area contributed by atoms with E-state index in [4.69, 9.17) is 20.2 Å². The first-order valence-corrected chi connectivity index (χ1v) is 8.82. The van der Waals surface area contributed by atoms with Crippen LogP contribution in [-0.4, -0.2) is 40.8 Å². The third kappa shape index (κ3) is 2.92. The molecule has 0 aliphatic rings. The van der Waals surface area contributed by atoms with Gasteiger partial charge < -0.3 is 24.7 Å². The Kier molecular flexibility index (Phi) is 4.38. The van der Waals surface area contributed by atoms with E-state index in [1.54, 1.807) is 26.4 Å². The molecule has 2 heterocycles. The topological polar surface area (TPSA) is 91.3 Å². The van der Waals surface area contributed by atoms with Crippen LogP contribution >= 0.6 is 0 Å². The smallest absolute Gasteiger partial charge is 0.228 e. The van der Waals surface area contributed by atoms with Gasteiger partial charge in [0.25, 0.3) is 0 Å². The average molecular weight is 378 g/mol. The maximum atomic E-state index is 6.20. The molecule has 2 N–H and O–H groups in total. The number of hydrogen-bond donors (Lipinski definition) is 1. The van der Waals surface area contributed by atoms with Gasteiger partial charge in [-0.1, -0.05) is 12.1 Å². The predicted molar refractivity (Wildman–Crippen MR) is 110 cm³/mol. The number of fused-ring (bicyclic) bond motifs is 2. The third-order valence-electron chi connectivity index (χ3n) is 4.82. The van der Waals surface area contributed by atoms with Crippen LogP contribution in [0.3, 0.4) is 0 Å². The van der Waals surface area contributed by atoms with Gasteiger partial charge in [-0.3, -0.25) is 0 Å². The minimum atomic E-state index is 0.387. The number of para-hydroxylation sites is 2. The summed E-state index contributed by atoms with van der Waals surface area (Å²) in [6.07, 6.45) is 0. The number of aromatic nitrogens is 4. The number of anilines is 2. The molecular weight excluding hydrogens is 356 g/mol. The number of ether oxygens (including phenoxy) is 2. The highest BCUT2D eigenvalue weighted by Gasteiger charge is 2.16. The van der Waals surface area contributed by atoms with Crippen molar-refractivity contribution in [1.82, 2.24) is 19.5 Å². The molecule has 4 rings (SSSR count). The third-order valence-corrected chi connectivity index (χ3v) is 4.82. The van der Waals surface area contributed by atoms with Crippen LogP contribution in [0.15, 0.2) is 36.4 Å². The van der Waals surface area contributed by atoms with Crippen LogP contribution in [0, 0.1) is 0 Å². The summed E-state index contributed by atoms with van der Waals surface area (Å²) < 4.78 is 12.8. The summed E-state index contributed by atoms with van der Waals surface area (Å²) in [5, 5.41) is 0.720. The second kappa shape index (κ2) is 6.88. The monoisotopic (exact) mass is 378 g/mol. The quantitative estimate of drug-likeness (QED) is 0.571. The van der Waals surface area contributed by atoms with Gasteiger partial charge in [0.15, 0.2) is 11.5 Å². The van der Waals surface area contributed by atoms with Crippen LogP contribution in [0.1, 0.15) is 5.82 Å². The maximum Gasteiger partial charge on any atom is 0.228 e. The van der Waals surface area contributed by atoms with Crippen molar-refractivity contribution in [2.24, 2.45) is 7.05 Å². The number of rotatable bonds is 5. The number of methoxy groups -OCH3 is 2. The zero-order valence-corrected chi connectivity index (χ0v) is 16.3. The van der Waals surface area contributed by atoms with Gasteiger partial charge in [0.05, 0.1) is 37.3 Å². The molecular formula is C20H22N6O2. The Labute approximate surface area is 162 Å². The standard InChI is InChI=1S/C20H22N6O2/c1-25(11-18-22-13-7-5-6-8-15(13)26(18)2)20-23-14-10-17(28-4)16(27-3)9-12(14)19(21)24-20/h5-10H,11H2,1-4H3,(H2,21,23,24). The van der Waals surface area contributed by atoms with Crippen molar-refractivity contribution in [3.05, 3.63) is 42.2 Å². The Bertz CT molecular complexity index is 1170. The van der Waals surface area contributed by atoms with Gasteiger partial charge in [-0.2, -0.15) is 4.98 Å². The van der Waals surface area contributed by atoms with E-state index in [0.29, 0.717) is 35.3 Å². The first-order valence-electron chi connectivity index (χ1n) is 8.82. The Hall–Kier alpha value is -3.55. The Morgan fingerprint density at radius 1 is 1.00 bits per heavy atom. The van der Waals surface area contributed by atoms with Gasteiger partial charge in [0.2, 0.25) is 5.95 Å². The van der Waals surface area contributed by atoms with E-state index in [9.17, 15) is 0 Å². The van der Waals surface area contributed by atoms with E-state index in [1.165, 1.54) is 0 Å². The van der Waals surface area contributed by atoms with Crippen molar-refractivity contribution in [3.8, 4) is 11.5 Å². The molecule has 28 heavy (non-hydrogen) atoms. The minimum Gasteiger partial charge on any atom is -0.493 e. The Morgan fingerprint density at radius 2 is 1.71 bits per heavy atom. The largest absolute Gasteiger partial charge is 0.493 e. The summed E-state index contributed by atoms with van der Waals surface area (Å²) in [5.41, 5.74) is 8.94. The van der Waals surface area contributed by atoms with Crippen LogP contribution in [0.5, 0.6) is 11.5 Å². The van der Waals surface area contributed by atoms with Gasteiger partial charge in [-0.15, -0.1) is 0 Å². The van der Waals surface area contributed by atoms with Crippen molar-refractivity contribution >= 4 is 33.7 Å². The van der Waals surface area contributed by atoms with Crippen molar-refractivity contribution in [2.45, 2.75) is 6.54 Å². The Balaban J connectivity index is 1.72. The van der Waals surface area contributed by atoms with Crippen molar-refractivity contribution < 1.29 is 9.47 Å². The average Bonchev–Trinajstić information content (AvgIpc) is 3.02. The highest BCUT2D eigenvalue weighted by molar-refractivity contribution is 5.91. The number of nitrogens with zero attached hydrogens (tertiary/aromatic N) is 5. The molecule has 2 aromatic heterocycles. The number of hydrogen-bond acceptors (Lipinski definition) is 7. The first-order chi connectivity index (χ1) is 13.5. The molecule has 0 unspecified atom stereocenters. The fourth-order valence-corrected chi connectivity index (χ4v) is 3.26. The molecule has 0 fully saturated rings. The fourth-order valence-electron chi connectivity index (χ4n) is 3.26. The van der Waals surface area contributed by atoms with Crippen LogP contribution in [-0.2, 0) is 13.6 Å². The van der Waals surface area contributed by atoms with Crippen LogP contribution in [0.25, 0.3) is 21.9 Å². The molecule has 0 saturated heterocycles. The lowest BCUT2D eigenvalue weighted by molar-refractivity contribution is 0.356. The van der Waals surface area contributed by atoms with E-state index in [1.807, 2.05) is 37.2 Å². The summed E-state index contributed by atoms with van der Waals surface area (Å²) in [6.45, 7) is 0.545. The van der Waals surface area contributed by atoms with Crippen LogP contribution in [0.2, 0.25) is 0 Å². The van der Waals surface area contributed by atoms with Gasteiger partial charge in [0, 0.05) is 25.5 Å². The molecule has 0 saturated carbocycles. The molecule has 8 nitrogen and oxygen atoms in total. The molecule has 0 aliphatic carbocycles. The molecule has 4 aromatic rings. The van der Waals surface area contributed by atoms with E-state index < -0.39 is 0 Å². The van der Waals surface area contributed by atoms with E-state index >= 15 is 0 Å². The lowest BCUT2D eigenvalue weighted by Crippen LogP contribution is -2.21. The molecule has 8 heteroatoms. The molecule has 0 bridgehead atoms. The number of nitrogens with two attached hydrogens (primary N) is 1. The normalized spacial score (nSPS) is 11.1. The molecule has 2 aromatic carbocycles. The van der Waals surface area contributed by atoms with E-state index in [2.05, 4.69) is 20.6 Å². The number of imidazole rings is 1. The van der Waals surface area contributed by atoms with Gasteiger partial charge in [-0.05, 0) is 18.2 Å². The summed E-state index contributed by atoms with van der Waals surface area (Å²) in [4.78, 5) is 15.8. The molecule has 0 radical (unpaired) electrons. The highest BCUT2D eigenvalue weighted by atomic mass is 16.5. The second-order valence-corrected chi connectivity index (χ2v) is 6.57. The first kappa shape index (κ1) is 17.8. The van der Waals surface area contributed by atoms with Crippen molar-refractivity contribution in [1.29, 1.82) is 0 Å². The highest BCUT2D eigenvalue weighted by Crippen LogP contribution is 2.34. The summed E-state index contributed by atoms with van der Waals surface area (Å²) in [7, 11) is 7.10. The maximum absolute atomic E-state index is 6.20. The van der Waals surface area contributed by atoms with Gasteiger partial charge >= 0.3 is 0 Å². The van der Waals surface area contributed by atoms with Crippen LogP contribution in [0.4, 0.5) is 11.8 Å². The molecule has 144 valence electrons. The lowest BCUT2D eigenvalue weighted by atomic mass is 10.2. The number of aryl methyl sites for hydroxylation is 1. The predicted octanol–water partition coefficient (Wildman–Crippen LogP) is 2.75. The molecule has 0 atom stereocenters. The van der Waals surface area contributed by atoms with Crippen molar-refractivity contribution in [3.63, 3.8) is 0 Å². The van der Waals surface area contributed by atoms with Crippen LogP contribution < -0.4 is 20.1 Å². The van der Waals surface area contributed by atoms with E-state index in [0.717, 1.165) is 22.2 Å². The summed E-state index contributed by atoms with van der Waals surface area (Å²) >= 11 is 0. The SMILES string of the molecule is COc1cc2nc(N(C)Cc3nc4ccccc4n3C)nc(N)c2cc1OC. The summed E-state index contributed by atoms with van der Waals surface area (Å²) in [5.74, 6) is 3.00. The molecule has 0 spiro atoms. The zero-order chi connectivity index (χ0) is 19.8. The van der Waals surface area contributed by atoms with E-state index in [-0.39, 0.29) is 0 Å². The number of benzene rings is 2. The van der Waals surface area contributed by atoms with Gasteiger partial charge in [0.1, 0.15) is 11.6 Å². The van der Waals surface area contributed by atoms with Crippen molar-refractivity contribution in [2.75, 3.05) is 31.9 Å². The Morgan fingerprint density at radius 3 is 2.43 bits per heavy atom. The fraction of sp³-hybridized carbons (Fsp3) is 0.250. The van der Waals surface area contributed by atoms with Gasteiger partial charge in [-0.25, -0.2) is 9.97 Å². The zero-order valence-electron chi connectivity index (χ0n) is 16.3. The number of nitrogen functional groups attached to an aromatic ring is 1. The molecule has 0 aliphatic heterocycles. The second-order valence-electron chi connectivity index (χ2n) is 6.57. The molecule has 0 amide bonds. The summed E-state index contributed by atoms with van der Waals surface area (Å²) in [6, 6.07) is 11.6. The lowest BCUT2D eigenvalue weighted by Gasteiger charge is -2.18. The minimum absolute atomic E-state index is 0.387.